The maximum Gasteiger partial charge on any atom is 0.257 e. The smallest absolute Gasteiger partial charge is 0.257 e. The average molecular weight is 314 g/mol. The number of carbonyl (C=O) groups is 1. The zero-order valence-electron chi connectivity index (χ0n) is 11.9. The van der Waals surface area contributed by atoms with E-state index in [1.807, 2.05) is 6.92 Å². The summed E-state index contributed by atoms with van der Waals surface area (Å²) in [4.78, 5) is 13.9. The third-order valence-corrected chi connectivity index (χ3v) is 4.77. The van der Waals surface area contributed by atoms with Gasteiger partial charge in [-0.2, -0.15) is 0 Å². The second-order valence-corrected chi connectivity index (χ2v) is 6.78. The highest BCUT2D eigenvalue weighted by molar-refractivity contribution is 7.89. The molecule has 0 aliphatic heterocycles. The lowest BCUT2D eigenvalue weighted by atomic mass is 10.1. The normalized spacial score (nSPS) is 16.1. The minimum atomic E-state index is -3.96. The van der Waals surface area contributed by atoms with E-state index in [4.69, 9.17) is 5.14 Å². The monoisotopic (exact) mass is 314 g/mol. The molecule has 1 aromatic rings. The van der Waals surface area contributed by atoms with Crippen molar-refractivity contribution in [2.45, 2.75) is 43.5 Å². The standard InChI is InChI=1S/C14H19FN2O3S/c1-2-17(10-5-3-4-6-10)14(18)12-9-11(21(16,19)20)7-8-13(12)15/h7-10H,2-6H2,1H3,(H2,16,19,20). The molecule has 5 nitrogen and oxygen atoms in total. The fourth-order valence-corrected chi connectivity index (χ4v) is 3.32. The fourth-order valence-electron chi connectivity index (χ4n) is 2.78. The molecule has 1 aromatic carbocycles. The average Bonchev–Trinajstić information content (AvgIpc) is 2.92. The van der Waals surface area contributed by atoms with Gasteiger partial charge in [0.1, 0.15) is 5.82 Å². The van der Waals surface area contributed by atoms with Gasteiger partial charge in [0, 0.05) is 12.6 Å². The van der Waals surface area contributed by atoms with Gasteiger partial charge in [0.2, 0.25) is 10.0 Å². The molecule has 1 fully saturated rings. The number of primary sulfonamides is 1. The van der Waals surface area contributed by atoms with Crippen LogP contribution in [-0.4, -0.2) is 31.8 Å². The third-order valence-electron chi connectivity index (χ3n) is 3.86. The lowest BCUT2D eigenvalue weighted by Crippen LogP contribution is -2.39. The van der Waals surface area contributed by atoms with Gasteiger partial charge in [0.15, 0.2) is 0 Å². The molecule has 0 unspecified atom stereocenters. The lowest BCUT2D eigenvalue weighted by molar-refractivity contribution is 0.0688. The van der Waals surface area contributed by atoms with Crippen molar-refractivity contribution in [2.24, 2.45) is 5.14 Å². The molecule has 0 bridgehead atoms. The largest absolute Gasteiger partial charge is 0.336 e. The summed E-state index contributed by atoms with van der Waals surface area (Å²) in [5.41, 5.74) is -0.240. The molecule has 1 amide bonds. The molecule has 0 spiro atoms. The van der Waals surface area contributed by atoms with Gasteiger partial charge in [0.05, 0.1) is 10.5 Å². The summed E-state index contributed by atoms with van der Waals surface area (Å²) in [5.74, 6) is -1.21. The topological polar surface area (TPSA) is 80.5 Å². The van der Waals surface area contributed by atoms with Crippen molar-refractivity contribution in [1.82, 2.24) is 4.90 Å². The number of sulfonamides is 1. The number of amides is 1. The van der Waals surface area contributed by atoms with Crippen molar-refractivity contribution in [3.8, 4) is 0 Å². The summed E-state index contributed by atoms with van der Waals surface area (Å²) in [6, 6.07) is 3.15. The van der Waals surface area contributed by atoms with Gasteiger partial charge in [-0.25, -0.2) is 17.9 Å². The highest BCUT2D eigenvalue weighted by Crippen LogP contribution is 2.26. The van der Waals surface area contributed by atoms with Crippen LogP contribution in [0.4, 0.5) is 4.39 Å². The van der Waals surface area contributed by atoms with E-state index in [1.54, 1.807) is 4.90 Å². The van der Waals surface area contributed by atoms with Gasteiger partial charge in [-0.1, -0.05) is 12.8 Å². The second-order valence-electron chi connectivity index (χ2n) is 5.22. The SMILES string of the molecule is CCN(C(=O)c1cc(S(N)(=O)=O)ccc1F)C1CCCC1. The molecule has 21 heavy (non-hydrogen) atoms. The van der Waals surface area contributed by atoms with Crippen LogP contribution in [0.25, 0.3) is 0 Å². The number of nitrogens with zero attached hydrogens (tertiary/aromatic N) is 1. The Morgan fingerprint density at radius 1 is 1.38 bits per heavy atom. The Bertz CT molecular complexity index is 640. The second kappa shape index (κ2) is 6.11. The fraction of sp³-hybridized carbons (Fsp3) is 0.500. The molecular weight excluding hydrogens is 295 g/mol. The maximum absolute atomic E-state index is 13.9. The first-order valence-corrected chi connectivity index (χ1v) is 8.52. The van der Waals surface area contributed by atoms with Crippen molar-refractivity contribution < 1.29 is 17.6 Å². The first-order valence-electron chi connectivity index (χ1n) is 6.98. The third kappa shape index (κ3) is 3.41. The quantitative estimate of drug-likeness (QED) is 0.921. The van der Waals surface area contributed by atoms with Crippen molar-refractivity contribution in [3.63, 3.8) is 0 Å². The van der Waals surface area contributed by atoms with Crippen LogP contribution in [0, 0.1) is 5.82 Å². The Balaban J connectivity index is 2.37. The summed E-state index contributed by atoms with van der Waals surface area (Å²) in [6.07, 6.45) is 3.90. The first kappa shape index (κ1) is 15.9. The molecule has 0 aromatic heterocycles. The van der Waals surface area contributed by atoms with Crippen LogP contribution in [0.2, 0.25) is 0 Å². The highest BCUT2D eigenvalue weighted by atomic mass is 32.2. The Morgan fingerprint density at radius 3 is 2.52 bits per heavy atom. The lowest BCUT2D eigenvalue weighted by Gasteiger charge is -2.28. The predicted molar refractivity (Wildman–Crippen MR) is 76.7 cm³/mol. The molecule has 2 N–H and O–H groups in total. The van der Waals surface area contributed by atoms with Crippen LogP contribution in [0.15, 0.2) is 23.1 Å². The van der Waals surface area contributed by atoms with E-state index < -0.39 is 21.7 Å². The maximum atomic E-state index is 13.9. The number of nitrogens with two attached hydrogens (primary N) is 1. The Labute approximate surface area is 124 Å². The number of carbonyl (C=O) groups excluding carboxylic acids is 1. The Kier molecular flexibility index (Phi) is 4.63. The number of hydrogen-bond donors (Lipinski definition) is 1. The number of rotatable bonds is 4. The molecule has 0 heterocycles. The summed E-state index contributed by atoms with van der Waals surface area (Å²) in [7, 11) is -3.96. The minimum absolute atomic E-state index is 0.0973. The van der Waals surface area contributed by atoms with Crippen LogP contribution in [0.3, 0.4) is 0 Å². The van der Waals surface area contributed by atoms with Gasteiger partial charge >= 0.3 is 0 Å². The summed E-state index contributed by atoms with van der Waals surface area (Å²) >= 11 is 0. The molecular formula is C14H19FN2O3S. The van der Waals surface area contributed by atoms with E-state index in [0.717, 1.165) is 43.9 Å². The summed E-state index contributed by atoms with van der Waals surface area (Å²) in [6.45, 7) is 2.29. The van der Waals surface area contributed by atoms with E-state index >= 15 is 0 Å². The molecule has 7 heteroatoms. The van der Waals surface area contributed by atoms with Crippen molar-refractivity contribution in [2.75, 3.05) is 6.54 Å². The van der Waals surface area contributed by atoms with Crippen LogP contribution in [-0.2, 0) is 10.0 Å². The number of halogens is 1. The highest BCUT2D eigenvalue weighted by Gasteiger charge is 2.28. The van der Waals surface area contributed by atoms with E-state index in [2.05, 4.69) is 0 Å². The zero-order valence-corrected chi connectivity index (χ0v) is 12.7. The Morgan fingerprint density at radius 2 is 2.00 bits per heavy atom. The molecule has 1 saturated carbocycles. The van der Waals surface area contributed by atoms with Gasteiger partial charge in [0.25, 0.3) is 5.91 Å². The molecule has 1 aliphatic rings. The van der Waals surface area contributed by atoms with Crippen molar-refractivity contribution >= 4 is 15.9 Å². The molecule has 0 radical (unpaired) electrons. The minimum Gasteiger partial charge on any atom is -0.336 e. The van der Waals surface area contributed by atoms with Gasteiger partial charge in [-0.3, -0.25) is 4.79 Å². The molecule has 0 atom stereocenters. The molecule has 1 aliphatic carbocycles. The van der Waals surface area contributed by atoms with Gasteiger partial charge < -0.3 is 4.90 Å². The van der Waals surface area contributed by atoms with E-state index in [9.17, 15) is 17.6 Å². The van der Waals surface area contributed by atoms with E-state index in [0.29, 0.717) is 6.54 Å². The van der Waals surface area contributed by atoms with E-state index in [1.165, 1.54) is 0 Å². The number of hydrogen-bond acceptors (Lipinski definition) is 3. The zero-order chi connectivity index (χ0) is 15.6. The van der Waals surface area contributed by atoms with Crippen molar-refractivity contribution in [3.05, 3.63) is 29.6 Å². The van der Waals surface area contributed by atoms with Crippen molar-refractivity contribution in [1.29, 1.82) is 0 Å². The Hall–Kier alpha value is -1.47. The van der Waals surface area contributed by atoms with Crippen LogP contribution >= 0.6 is 0 Å². The van der Waals surface area contributed by atoms with Crippen LogP contribution in [0.5, 0.6) is 0 Å². The van der Waals surface area contributed by atoms with E-state index in [-0.39, 0.29) is 16.5 Å². The molecule has 0 saturated heterocycles. The molecule has 2 rings (SSSR count). The summed E-state index contributed by atoms with van der Waals surface area (Å²) < 4.78 is 36.6. The summed E-state index contributed by atoms with van der Waals surface area (Å²) in [5, 5.41) is 5.03. The van der Waals surface area contributed by atoms with Gasteiger partial charge in [-0.05, 0) is 38.0 Å². The van der Waals surface area contributed by atoms with Crippen LogP contribution < -0.4 is 5.14 Å². The first-order chi connectivity index (χ1) is 9.84. The predicted octanol–water partition coefficient (Wildman–Crippen LogP) is 1.88. The molecule has 116 valence electrons. The van der Waals surface area contributed by atoms with Gasteiger partial charge in [-0.15, -0.1) is 0 Å². The number of benzene rings is 1. The van der Waals surface area contributed by atoms with Crippen LogP contribution in [0.1, 0.15) is 43.0 Å².